The van der Waals surface area contributed by atoms with E-state index < -0.39 is 0 Å². The summed E-state index contributed by atoms with van der Waals surface area (Å²) in [6.45, 7) is 9.06. The zero-order valence-electron chi connectivity index (χ0n) is 22.6. The first-order chi connectivity index (χ1) is 18.5. The van der Waals surface area contributed by atoms with Crippen LogP contribution >= 0.6 is 0 Å². The van der Waals surface area contributed by atoms with Gasteiger partial charge in [-0.05, 0) is 42.6 Å². The predicted molar refractivity (Wildman–Crippen MR) is 150 cm³/mol. The van der Waals surface area contributed by atoms with Gasteiger partial charge in [-0.15, -0.1) is 0 Å². The van der Waals surface area contributed by atoms with Crippen LogP contribution in [0.4, 0.5) is 5.69 Å². The lowest BCUT2D eigenvalue weighted by molar-refractivity contribution is -0.546. The molecule has 1 atom stereocenters. The maximum atomic E-state index is 13.0. The maximum Gasteiger partial charge on any atom is 0.226 e. The lowest BCUT2D eigenvalue weighted by Crippen LogP contribution is -2.53. The predicted octanol–water partition coefficient (Wildman–Crippen LogP) is 3.00. The maximum absolute atomic E-state index is 13.0. The van der Waals surface area contributed by atoms with Gasteiger partial charge in [0.15, 0.2) is 6.04 Å². The van der Waals surface area contributed by atoms with E-state index >= 15 is 0 Å². The van der Waals surface area contributed by atoms with Crippen LogP contribution in [0.3, 0.4) is 0 Å². The van der Waals surface area contributed by atoms with Gasteiger partial charge in [0.2, 0.25) is 5.91 Å². The molecule has 3 aliphatic rings. The highest BCUT2D eigenvalue weighted by molar-refractivity contribution is 5.82. The van der Waals surface area contributed by atoms with Gasteiger partial charge in [0.1, 0.15) is 19.4 Å². The Morgan fingerprint density at radius 1 is 1.13 bits per heavy atom. The fraction of sp³-hybridized carbons (Fsp3) is 0.500. The van der Waals surface area contributed by atoms with Gasteiger partial charge in [0.25, 0.3) is 0 Å². The van der Waals surface area contributed by atoms with Crippen LogP contribution in [0.1, 0.15) is 31.2 Å². The monoisotopic (exact) mass is 515 g/mol. The van der Waals surface area contributed by atoms with E-state index in [4.69, 9.17) is 4.74 Å². The molecule has 1 saturated carbocycles. The quantitative estimate of drug-likeness (QED) is 0.404. The van der Waals surface area contributed by atoms with Crippen LogP contribution in [-0.2, 0) is 15.1 Å². The second-order valence-electron chi connectivity index (χ2n) is 11.2. The molecular weight excluding hydrogens is 476 g/mol. The fourth-order valence-corrected chi connectivity index (χ4v) is 6.38. The van der Waals surface area contributed by atoms with Gasteiger partial charge in [0, 0.05) is 70.6 Å². The third-order valence-corrected chi connectivity index (χ3v) is 8.98. The van der Waals surface area contributed by atoms with Crippen LogP contribution in [0, 0.1) is 5.92 Å². The zero-order valence-corrected chi connectivity index (χ0v) is 22.6. The summed E-state index contributed by atoms with van der Waals surface area (Å²) in [4.78, 5) is 17.4. The van der Waals surface area contributed by atoms with Gasteiger partial charge in [-0.2, -0.15) is 5.10 Å². The van der Waals surface area contributed by atoms with Crippen molar-refractivity contribution in [2.24, 2.45) is 5.92 Å². The smallest absolute Gasteiger partial charge is 0.226 e. The van der Waals surface area contributed by atoms with E-state index in [2.05, 4.69) is 69.5 Å². The van der Waals surface area contributed by atoms with E-state index in [9.17, 15) is 4.79 Å². The summed E-state index contributed by atoms with van der Waals surface area (Å²) in [6, 6.07) is 13.6. The topological polar surface area (TPSA) is 65.1 Å². The number of nitrogens with one attached hydrogen (secondary N) is 1. The van der Waals surface area contributed by atoms with Crippen molar-refractivity contribution in [3.8, 4) is 11.1 Å². The minimum absolute atomic E-state index is 0.163. The summed E-state index contributed by atoms with van der Waals surface area (Å²) in [7, 11) is 3.81. The van der Waals surface area contributed by atoms with Crippen molar-refractivity contribution < 1.29 is 14.1 Å². The van der Waals surface area contributed by atoms with Crippen LogP contribution in [0.15, 0.2) is 48.8 Å². The Kier molecular flexibility index (Phi) is 6.70. The highest BCUT2D eigenvalue weighted by atomic mass is 16.5. The minimum atomic E-state index is -0.246. The van der Waals surface area contributed by atoms with Gasteiger partial charge in [-0.1, -0.05) is 24.3 Å². The molecule has 2 aliphatic heterocycles. The number of ether oxygens (including phenoxy) is 1. The lowest BCUT2D eigenvalue weighted by Gasteiger charge is -2.40. The molecule has 1 aromatic carbocycles. The van der Waals surface area contributed by atoms with E-state index in [0.717, 1.165) is 76.0 Å². The van der Waals surface area contributed by atoms with E-state index in [1.54, 1.807) is 0 Å². The summed E-state index contributed by atoms with van der Waals surface area (Å²) in [5.74, 6) is 0.478. The van der Waals surface area contributed by atoms with Crippen molar-refractivity contribution in [1.29, 1.82) is 0 Å². The molecule has 38 heavy (non-hydrogen) atoms. The van der Waals surface area contributed by atoms with Crippen molar-refractivity contribution in [1.82, 2.24) is 19.8 Å². The van der Waals surface area contributed by atoms with Crippen LogP contribution in [0.2, 0.25) is 0 Å². The Balaban J connectivity index is 1.16. The lowest BCUT2D eigenvalue weighted by atomic mass is 9.79. The average Bonchev–Trinajstić information content (AvgIpc) is 3.37. The molecule has 200 valence electrons. The van der Waals surface area contributed by atoms with E-state index in [1.807, 2.05) is 29.4 Å². The first kappa shape index (κ1) is 25.1. The number of anilines is 1. The number of piperidine rings is 1. The normalized spacial score (nSPS) is 25.8. The van der Waals surface area contributed by atoms with Crippen LogP contribution < -0.4 is 10.2 Å². The van der Waals surface area contributed by atoms with Crippen molar-refractivity contribution >= 4 is 23.8 Å². The zero-order chi connectivity index (χ0) is 26.3. The molecule has 0 spiro atoms. The highest BCUT2D eigenvalue weighted by Crippen LogP contribution is 2.35. The Morgan fingerprint density at radius 3 is 2.55 bits per heavy atom. The molecule has 1 aliphatic carbocycles. The summed E-state index contributed by atoms with van der Waals surface area (Å²) >= 11 is 0. The van der Waals surface area contributed by atoms with Crippen molar-refractivity contribution in [2.75, 3.05) is 58.3 Å². The molecule has 8 heteroatoms. The summed E-state index contributed by atoms with van der Waals surface area (Å²) < 4.78 is 9.95. The van der Waals surface area contributed by atoms with E-state index in [1.165, 1.54) is 16.8 Å². The van der Waals surface area contributed by atoms with Gasteiger partial charge < -0.3 is 19.9 Å². The molecule has 6 rings (SSSR count). The first-order valence-corrected chi connectivity index (χ1v) is 13.9. The third kappa shape index (κ3) is 4.50. The molecule has 2 aromatic heterocycles. The molecule has 8 nitrogen and oxygen atoms in total. The number of benzene rings is 1. The molecular formula is C30H39N6O2+. The number of aromatic nitrogens is 2. The van der Waals surface area contributed by atoms with E-state index in [-0.39, 0.29) is 11.5 Å². The van der Waals surface area contributed by atoms with E-state index in [0.29, 0.717) is 11.9 Å². The fourth-order valence-electron chi connectivity index (χ4n) is 6.38. The molecule has 0 radical (unpaired) electrons. The highest BCUT2D eigenvalue weighted by Gasteiger charge is 2.42. The largest absolute Gasteiger partial charge is 0.372 e. The van der Waals surface area contributed by atoms with Crippen molar-refractivity contribution in [2.45, 2.75) is 37.3 Å². The van der Waals surface area contributed by atoms with Gasteiger partial charge in [-0.25, -0.2) is 9.09 Å². The van der Waals surface area contributed by atoms with Crippen molar-refractivity contribution in [3.63, 3.8) is 0 Å². The average molecular weight is 516 g/mol. The summed E-state index contributed by atoms with van der Waals surface area (Å²) in [6.07, 6.45) is 7.99. The van der Waals surface area contributed by atoms with Crippen LogP contribution in [-0.4, -0.2) is 91.2 Å². The molecule has 3 aromatic rings. The van der Waals surface area contributed by atoms with Crippen LogP contribution in [0.25, 0.3) is 16.6 Å². The number of carbonyl (C=O) groups is 1. The molecule has 0 unspecified atom stereocenters. The Morgan fingerprint density at radius 2 is 1.89 bits per heavy atom. The SMILES string of the molecule is C=[N+](C)[C@H]1C[C@H](C(=O)N2CCN(c3ccnn4cc(-c5ccc([C@]6(OC)CCCNC6)cc5)cc34)CC2)C1. The molecule has 4 heterocycles. The number of rotatable bonds is 6. The number of hydrogen-bond acceptors (Lipinski definition) is 5. The van der Waals surface area contributed by atoms with Gasteiger partial charge in [0.05, 0.1) is 17.1 Å². The Bertz CT molecular complexity index is 1310. The Labute approximate surface area is 224 Å². The molecule has 1 N–H and O–H groups in total. The summed E-state index contributed by atoms with van der Waals surface area (Å²) in [5, 5.41) is 8.08. The first-order valence-electron chi connectivity index (χ1n) is 13.9. The summed E-state index contributed by atoms with van der Waals surface area (Å²) in [5.41, 5.74) is 5.56. The number of piperazine rings is 1. The minimum Gasteiger partial charge on any atom is -0.372 e. The number of hydrogen-bond donors (Lipinski definition) is 1. The molecule has 1 amide bonds. The number of methoxy groups -OCH3 is 1. The third-order valence-electron chi connectivity index (χ3n) is 8.98. The number of amides is 1. The molecule has 3 fully saturated rings. The van der Waals surface area contributed by atoms with Gasteiger partial charge >= 0.3 is 0 Å². The van der Waals surface area contributed by atoms with Crippen molar-refractivity contribution in [3.05, 3.63) is 54.4 Å². The standard InChI is InChI=1S/C30H39N6O2/c1-33(2)26-17-23(18-26)29(37)35-15-13-34(14-16-35)27-9-12-32-36-20-24(19-28(27)36)22-5-7-25(8-6-22)30(38-3)10-4-11-31-21-30/h5-9,12,19-20,23,26,31H,1,4,10-11,13-18,21H2,2-3H3/q+1/t23-,26-,30-/m0/s1. The number of carbonyl (C=O) groups excluding carboxylic acids is 1. The number of fused-ring (bicyclic) bond motifs is 1. The second-order valence-corrected chi connectivity index (χ2v) is 11.2. The molecule has 2 saturated heterocycles. The molecule has 0 bridgehead atoms. The Hall–Kier alpha value is -3.23. The number of nitrogens with zero attached hydrogens (tertiary/aromatic N) is 5. The second kappa shape index (κ2) is 10.2. The van der Waals surface area contributed by atoms with Crippen LogP contribution in [0.5, 0.6) is 0 Å². The van der Waals surface area contributed by atoms with Gasteiger partial charge in [-0.3, -0.25) is 4.79 Å².